The van der Waals surface area contributed by atoms with Crippen molar-refractivity contribution in [3.05, 3.63) is 112 Å². The standard InChI is InChI=1S/C20H23N5S.C15H12BrN3S.ClH/c1-15-4-3-5-19(21-15)23-20-22-18(14-26-20)16-6-8-17(9-7-16)25-12-10-24(2)11-13-25;1-10-3-2-4-14(17-10)19-15-18-13(9-20-15)11-5-7-12(16)8-6-11;/h3-9,14H,10-13H2,1-2H3,(H,21,22,23);2-9H,1H3,(H,17,18,19);1H. The number of hydrogen-bond acceptors (Lipinski definition) is 10. The monoisotopic (exact) mass is 746 g/mol. The van der Waals surface area contributed by atoms with Gasteiger partial charge in [0.05, 0.1) is 11.4 Å². The van der Waals surface area contributed by atoms with Crippen LogP contribution in [0.3, 0.4) is 0 Å². The van der Waals surface area contributed by atoms with E-state index in [1.165, 1.54) is 5.69 Å². The SMILES string of the molecule is Cc1cccc(Nc2nc(-c3ccc(Br)cc3)cs2)n1.Cc1cccc(Nc2nc(-c3ccc(N4CCN(C)CC4)cc3)cs2)n1.Cl. The summed E-state index contributed by atoms with van der Waals surface area (Å²) < 4.78 is 1.07. The Balaban J connectivity index is 0.000000187. The van der Waals surface area contributed by atoms with Crippen molar-refractivity contribution in [1.29, 1.82) is 0 Å². The molecule has 5 heterocycles. The van der Waals surface area contributed by atoms with Crippen molar-refractivity contribution in [3.63, 3.8) is 0 Å². The highest BCUT2D eigenvalue weighted by Gasteiger charge is 2.14. The van der Waals surface area contributed by atoms with Crippen LogP contribution in [0.4, 0.5) is 27.6 Å². The zero-order valence-corrected chi connectivity index (χ0v) is 30.4. The lowest BCUT2D eigenvalue weighted by Gasteiger charge is -2.34. The molecule has 0 aliphatic carbocycles. The topological polar surface area (TPSA) is 82.1 Å². The number of aromatic nitrogens is 4. The fourth-order valence-corrected chi connectivity index (χ4v) is 6.62. The maximum Gasteiger partial charge on any atom is 0.188 e. The van der Waals surface area contributed by atoms with Gasteiger partial charge in [-0.1, -0.05) is 52.3 Å². The molecule has 1 aliphatic rings. The van der Waals surface area contributed by atoms with Crippen LogP contribution in [0.2, 0.25) is 0 Å². The summed E-state index contributed by atoms with van der Waals surface area (Å²) in [6.07, 6.45) is 0. The van der Waals surface area contributed by atoms with Gasteiger partial charge in [-0.3, -0.25) is 0 Å². The van der Waals surface area contributed by atoms with Crippen LogP contribution in [0.25, 0.3) is 22.5 Å². The number of anilines is 5. The molecule has 2 N–H and O–H groups in total. The van der Waals surface area contributed by atoms with Crippen LogP contribution in [0.15, 0.2) is 100 Å². The summed E-state index contributed by atoms with van der Waals surface area (Å²) in [6.45, 7) is 8.38. The molecule has 1 fully saturated rings. The maximum atomic E-state index is 4.70. The summed E-state index contributed by atoms with van der Waals surface area (Å²) >= 11 is 6.61. The molecule has 242 valence electrons. The van der Waals surface area contributed by atoms with Crippen molar-refractivity contribution in [2.75, 3.05) is 48.8 Å². The van der Waals surface area contributed by atoms with Gasteiger partial charge < -0.3 is 20.4 Å². The normalized spacial score (nSPS) is 12.9. The van der Waals surface area contributed by atoms with Gasteiger partial charge >= 0.3 is 0 Å². The Kier molecular flexibility index (Phi) is 12.0. The van der Waals surface area contributed by atoms with Crippen molar-refractivity contribution >= 4 is 78.6 Å². The predicted molar refractivity (Wildman–Crippen MR) is 204 cm³/mol. The zero-order chi connectivity index (χ0) is 31.9. The van der Waals surface area contributed by atoms with E-state index in [9.17, 15) is 0 Å². The average Bonchev–Trinajstić information content (AvgIpc) is 3.72. The minimum absolute atomic E-state index is 0. The third kappa shape index (κ3) is 9.59. The van der Waals surface area contributed by atoms with Gasteiger partial charge in [-0.2, -0.15) is 0 Å². The van der Waals surface area contributed by atoms with Gasteiger partial charge in [0.2, 0.25) is 0 Å². The highest BCUT2D eigenvalue weighted by atomic mass is 79.9. The number of hydrogen-bond donors (Lipinski definition) is 2. The smallest absolute Gasteiger partial charge is 0.188 e. The Morgan fingerprint density at radius 2 is 1.09 bits per heavy atom. The third-order valence-electron chi connectivity index (χ3n) is 7.43. The number of rotatable bonds is 7. The van der Waals surface area contributed by atoms with Crippen LogP contribution in [0.5, 0.6) is 0 Å². The molecule has 0 bridgehead atoms. The number of nitrogens with zero attached hydrogens (tertiary/aromatic N) is 6. The van der Waals surface area contributed by atoms with Gasteiger partial charge in [0.1, 0.15) is 11.6 Å². The molecule has 1 saturated heterocycles. The van der Waals surface area contributed by atoms with Gasteiger partial charge in [-0.05, 0) is 69.4 Å². The first-order valence-corrected chi connectivity index (χ1v) is 17.6. The van der Waals surface area contributed by atoms with Crippen LogP contribution in [-0.2, 0) is 0 Å². The first-order valence-electron chi connectivity index (χ1n) is 15.0. The lowest BCUT2D eigenvalue weighted by atomic mass is 10.1. The molecule has 2 aromatic carbocycles. The Hall–Kier alpha value is -3.87. The molecular formula is C35H36BrClN8S2. The van der Waals surface area contributed by atoms with E-state index in [1.54, 1.807) is 22.7 Å². The third-order valence-corrected chi connectivity index (χ3v) is 9.47. The van der Waals surface area contributed by atoms with E-state index in [0.29, 0.717) is 0 Å². The molecule has 4 aromatic heterocycles. The first-order chi connectivity index (χ1) is 22.4. The largest absolute Gasteiger partial charge is 0.369 e. The number of halogens is 2. The number of piperazine rings is 1. The van der Waals surface area contributed by atoms with E-state index in [2.05, 4.69) is 88.0 Å². The fourth-order valence-electron chi connectivity index (χ4n) is 4.90. The predicted octanol–water partition coefficient (Wildman–Crippen LogP) is 9.45. The summed E-state index contributed by atoms with van der Waals surface area (Å²) in [6, 6.07) is 28.7. The average molecular weight is 748 g/mol. The molecule has 0 amide bonds. The van der Waals surface area contributed by atoms with E-state index in [1.807, 2.05) is 79.9 Å². The maximum absolute atomic E-state index is 4.70. The fraction of sp³-hybridized carbons (Fsp3) is 0.200. The molecule has 8 nitrogen and oxygen atoms in total. The van der Waals surface area contributed by atoms with Gasteiger partial charge in [0.25, 0.3) is 0 Å². The second-order valence-electron chi connectivity index (χ2n) is 11.0. The van der Waals surface area contributed by atoms with E-state index >= 15 is 0 Å². The van der Waals surface area contributed by atoms with Gasteiger partial charge in [0, 0.05) is 69.6 Å². The van der Waals surface area contributed by atoms with Crippen LogP contribution < -0.4 is 15.5 Å². The number of likely N-dealkylation sites (N-methyl/N-ethyl adjacent to an activating group) is 1. The lowest BCUT2D eigenvalue weighted by molar-refractivity contribution is 0.313. The summed E-state index contributed by atoms with van der Waals surface area (Å²) in [7, 11) is 2.18. The Morgan fingerprint density at radius 3 is 1.55 bits per heavy atom. The van der Waals surface area contributed by atoms with Crippen LogP contribution in [-0.4, -0.2) is 58.1 Å². The van der Waals surface area contributed by atoms with Crippen molar-refractivity contribution in [2.24, 2.45) is 0 Å². The number of aryl methyl sites for hydroxylation is 2. The van der Waals surface area contributed by atoms with E-state index < -0.39 is 0 Å². The molecular weight excluding hydrogens is 712 g/mol. The molecule has 6 aromatic rings. The molecule has 0 spiro atoms. The van der Waals surface area contributed by atoms with Gasteiger partial charge in [-0.15, -0.1) is 35.1 Å². The number of benzene rings is 2. The lowest BCUT2D eigenvalue weighted by Crippen LogP contribution is -2.44. The molecule has 12 heteroatoms. The van der Waals surface area contributed by atoms with Crippen molar-refractivity contribution in [2.45, 2.75) is 13.8 Å². The van der Waals surface area contributed by atoms with E-state index in [0.717, 1.165) is 86.5 Å². The number of thiazole rings is 2. The Labute approximate surface area is 298 Å². The highest BCUT2D eigenvalue weighted by molar-refractivity contribution is 9.10. The first kappa shape index (κ1) is 34.5. The second-order valence-corrected chi connectivity index (χ2v) is 13.6. The van der Waals surface area contributed by atoms with E-state index in [-0.39, 0.29) is 12.4 Å². The number of pyridine rings is 2. The molecule has 7 rings (SSSR count). The Morgan fingerprint density at radius 1 is 0.617 bits per heavy atom. The van der Waals surface area contributed by atoms with Crippen LogP contribution >= 0.6 is 51.0 Å². The van der Waals surface area contributed by atoms with Crippen molar-refractivity contribution in [3.8, 4) is 22.5 Å². The summed E-state index contributed by atoms with van der Waals surface area (Å²) in [5.74, 6) is 1.65. The Bertz CT molecular complexity index is 1870. The molecule has 47 heavy (non-hydrogen) atoms. The minimum atomic E-state index is 0. The number of nitrogens with one attached hydrogen (secondary N) is 2. The van der Waals surface area contributed by atoms with Gasteiger partial charge in [0.15, 0.2) is 10.3 Å². The summed E-state index contributed by atoms with van der Waals surface area (Å²) in [4.78, 5) is 23.0. The quantitative estimate of drug-likeness (QED) is 0.167. The second kappa shape index (κ2) is 16.3. The van der Waals surface area contributed by atoms with Crippen LogP contribution in [0.1, 0.15) is 11.4 Å². The summed E-state index contributed by atoms with van der Waals surface area (Å²) in [5, 5.41) is 12.4. The molecule has 0 unspecified atom stereocenters. The molecule has 0 atom stereocenters. The van der Waals surface area contributed by atoms with Crippen LogP contribution in [0, 0.1) is 13.8 Å². The zero-order valence-electron chi connectivity index (χ0n) is 26.4. The van der Waals surface area contributed by atoms with Gasteiger partial charge in [-0.25, -0.2) is 19.9 Å². The molecule has 0 radical (unpaired) electrons. The van der Waals surface area contributed by atoms with Crippen molar-refractivity contribution < 1.29 is 0 Å². The van der Waals surface area contributed by atoms with Crippen molar-refractivity contribution in [1.82, 2.24) is 24.8 Å². The summed E-state index contributed by atoms with van der Waals surface area (Å²) in [5.41, 5.74) is 7.48. The highest BCUT2D eigenvalue weighted by Crippen LogP contribution is 2.29. The minimum Gasteiger partial charge on any atom is -0.369 e. The molecule has 1 aliphatic heterocycles. The van der Waals surface area contributed by atoms with E-state index in [4.69, 9.17) is 4.98 Å². The molecule has 0 saturated carbocycles.